The van der Waals surface area contributed by atoms with Crippen LogP contribution in [0.1, 0.15) is 6.92 Å². The molecule has 0 fully saturated rings. The summed E-state index contributed by atoms with van der Waals surface area (Å²) in [5, 5.41) is 5.53. The molecule has 0 aliphatic carbocycles. The van der Waals surface area contributed by atoms with E-state index < -0.39 is 0 Å². The molecule has 106 valence electrons. The van der Waals surface area contributed by atoms with Crippen LogP contribution in [0.4, 0.5) is 5.69 Å². The quantitative estimate of drug-likeness (QED) is 0.345. The third kappa shape index (κ3) is 3.69. The van der Waals surface area contributed by atoms with Crippen molar-refractivity contribution >= 4 is 22.4 Å². The second-order valence-corrected chi connectivity index (χ2v) is 4.61. The summed E-state index contributed by atoms with van der Waals surface area (Å²) in [5.41, 5.74) is 3.51. The first-order chi connectivity index (χ1) is 9.72. The fourth-order valence-electron chi connectivity index (χ4n) is 2.01. The van der Waals surface area contributed by atoms with Crippen molar-refractivity contribution in [2.75, 3.05) is 19.0 Å². The van der Waals surface area contributed by atoms with Crippen LogP contribution in [0.2, 0.25) is 0 Å². The number of nitrogens with one attached hydrogen (secondary N) is 2. The Morgan fingerprint density at radius 2 is 2.00 bits per heavy atom. The molecule has 2 rings (SSSR count). The molecule has 2 aromatic rings. The first-order valence-corrected chi connectivity index (χ1v) is 6.52. The van der Waals surface area contributed by atoms with Gasteiger partial charge in [-0.3, -0.25) is 5.43 Å². The summed E-state index contributed by atoms with van der Waals surface area (Å²) in [7, 11) is 1.65. The van der Waals surface area contributed by atoms with Crippen molar-refractivity contribution in [2.24, 2.45) is 10.8 Å². The van der Waals surface area contributed by atoms with E-state index >= 15 is 0 Å². The Bertz CT molecular complexity index is 597. The Kier molecular flexibility index (Phi) is 4.92. The Morgan fingerprint density at radius 3 is 2.70 bits per heavy atom. The molecule has 0 aliphatic heterocycles. The molecule has 0 aromatic heterocycles. The average Bonchev–Trinajstić information content (AvgIpc) is 2.46. The van der Waals surface area contributed by atoms with Crippen LogP contribution >= 0.6 is 0 Å². The molecule has 0 aliphatic rings. The van der Waals surface area contributed by atoms with Gasteiger partial charge in [-0.05, 0) is 29.8 Å². The van der Waals surface area contributed by atoms with E-state index in [0.29, 0.717) is 12.6 Å². The van der Waals surface area contributed by atoms with Crippen LogP contribution in [0, 0.1) is 0 Å². The number of aliphatic imine (C=N–C) groups is 1. The normalized spacial score (nSPS) is 13.2. The highest BCUT2D eigenvalue weighted by Gasteiger charge is 2.03. The highest BCUT2D eigenvalue weighted by Crippen LogP contribution is 2.18. The number of guanidine groups is 1. The summed E-state index contributed by atoms with van der Waals surface area (Å²) < 4.78 is 5.05. The van der Waals surface area contributed by atoms with E-state index in [1.165, 1.54) is 10.8 Å². The molecule has 4 N–H and O–H groups in total. The van der Waals surface area contributed by atoms with Gasteiger partial charge in [-0.1, -0.05) is 30.3 Å². The molecule has 0 heterocycles. The van der Waals surface area contributed by atoms with Crippen LogP contribution in [-0.2, 0) is 4.74 Å². The van der Waals surface area contributed by atoms with Crippen molar-refractivity contribution in [2.45, 2.75) is 13.0 Å². The maximum Gasteiger partial charge on any atom is 0.210 e. The van der Waals surface area contributed by atoms with Crippen molar-refractivity contribution in [3.63, 3.8) is 0 Å². The van der Waals surface area contributed by atoms with Gasteiger partial charge in [0.25, 0.3) is 0 Å². The van der Waals surface area contributed by atoms with Crippen LogP contribution in [0.25, 0.3) is 10.8 Å². The summed E-state index contributed by atoms with van der Waals surface area (Å²) in [4.78, 5) is 4.40. The lowest BCUT2D eigenvalue weighted by Crippen LogP contribution is -2.37. The number of nitrogens with zero attached hydrogens (tertiary/aromatic N) is 1. The maximum atomic E-state index is 5.49. The zero-order chi connectivity index (χ0) is 14.4. The molecule has 1 unspecified atom stereocenters. The molecule has 5 nitrogen and oxygen atoms in total. The van der Waals surface area contributed by atoms with Gasteiger partial charge in [0, 0.05) is 12.8 Å². The van der Waals surface area contributed by atoms with Crippen LogP contribution in [0.15, 0.2) is 47.5 Å². The number of nitrogens with two attached hydrogens (primary N) is 1. The van der Waals surface area contributed by atoms with Gasteiger partial charge in [-0.2, -0.15) is 0 Å². The molecular weight excluding hydrogens is 252 g/mol. The van der Waals surface area contributed by atoms with Gasteiger partial charge in [0.1, 0.15) is 0 Å². The van der Waals surface area contributed by atoms with Crippen LogP contribution in [0.5, 0.6) is 0 Å². The fraction of sp³-hybridized carbons (Fsp3) is 0.267. The molecule has 0 saturated heterocycles. The summed E-state index contributed by atoms with van der Waals surface area (Å²) >= 11 is 0. The summed E-state index contributed by atoms with van der Waals surface area (Å²) in [6, 6.07) is 14.3. The van der Waals surface area contributed by atoms with Gasteiger partial charge < -0.3 is 10.1 Å². The molecule has 20 heavy (non-hydrogen) atoms. The maximum absolute atomic E-state index is 5.49. The van der Waals surface area contributed by atoms with E-state index in [-0.39, 0.29) is 6.04 Å². The zero-order valence-corrected chi connectivity index (χ0v) is 11.8. The minimum Gasteiger partial charge on any atom is -0.382 e. The van der Waals surface area contributed by atoms with Crippen molar-refractivity contribution in [1.82, 2.24) is 5.43 Å². The number of hydrogen-bond acceptors (Lipinski definition) is 3. The van der Waals surface area contributed by atoms with E-state index in [4.69, 9.17) is 10.6 Å². The molecule has 0 radical (unpaired) electrons. The minimum atomic E-state index is 0.0269. The van der Waals surface area contributed by atoms with E-state index in [1.807, 2.05) is 25.1 Å². The van der Waals surface area contributed by atoms with Crippen LogP contribution in [-0.4, -0.2) is 25.7 Å². The monoisotopic (exact) mass is 272 g/mol. The van der Waals surface area contributed by atoms with Gasteiger partial charge in [0.05, 0.1) is 12.6 Å². The smallest absolute Gasteiger partial charge is 0.210 e. The van der Waals surface area contributed by atoms with Gasteiger partial charge in [0.2, 0.25) is 5.96 Å². The number of anilines is 1. The molecule has 0 saturated carbocycles. The van der Waals surface area contributed by atoms with Gasteiger partial charge in [0.15, 0.2) is 0 Å². The standard InChI is InChI=1S/C15H20N4O/c1-11(10-20-2)17-15(19-16)18-14-8-7-12-5-3-4-6-13(12)9-14/h3-9,11H,10,16H2,1-2H3,(H2,17,18,19). The van der Waals surface area contributed by atoms with Gasteiger partial charge >= 0.3 is 0 Å². The molecular formula is C15H20N4O. The zero-order valence-electron chi connectivity index (χ0n) is 11.8. The first-order valence-electron chi connectivity index (χ1n) is 6.52. The Labute approximate surface area is 118 Å². The minimum absolute atomic E-state index is 0.0269. The van der Waals surface area contributed by atoms with E-state index in [0.717, 1.165) is 5.69 Å². The van der Waals surface area contributed by atoms with Crippen molar-refractivity contribution in [1.29, 1.82) is 0 Å². The Morgan fingerprint density at radius 1 is 1.25 bits per heavy atom. The third-order valence-corrected chi connectivity index (χ3v) is 2.91. The summed E-state index contributed by atoms with van der Waals surface area (Å²) in [5.74, 6) is 6.01. The number of hydrazine groups is 1. The van der Waals surface area contributed by atoms with Crippen LogP contribution in [0.3, 0.4) is 0 Å². The predicted octanol–water partition coefficient (Wildman–Crippen LogP) is 2.11. The number of methoxy groups -OCH3 is 1. The summed E-state index contributed by atoms with van der Waals surface area (Å²) in [6.45, 7) is 2.51. The summed E-state index contributed by atoms with van der Waals surface area (Å²) in [6.07, 6.45) is 0. The van der Waals surface area contributed by atoms with Gasteiger partial charge in [-0.15, -0.1) is 0 Å². The third-order valence-electron chi connectivity index (χ3n) is 2.91. The Hall–Kier alpha value is -2.11. The lowest BCUT2D eigenvalue weighted by Gasteiger charge is -2.12. The number of benzene rings is 2. The topological polar surface area (TPSA) is 71.7 Å². The highest BCUT2D eigenvalue weighted by molar-refractivity contribution is 5.96. The lowest BCUT2D eigenvalue weighted by atomic mass is 10.1. The number of fused-ring (bicyclic) bond motifs is 1. The Balaban J connectivity index is 2.16. The molecule has 1 atom stereocenters. The second-order valence-electron chi connectivity index (χ2n) is 4.61. The highest BCUT2D eigenvalue weighted by atomic mass is 16.5. The molecule has 0 bridgehead atoms. The van der Waals surface area contributed by atoms with E-state index in [9.17, 15) is 0 Å². The fourth-order valence-corrected chi connectivity index (χ4v) is 2.01. The van der Waals surface area contributed by atoms with Crippen molar-refractivity contribution in [3.8, 4) is 0 Å². The number of hydrogen-bond donors (Lipinski definition) is 3. The molecule has 2 aromatic carbocycles. The van der Waals surface area contributed by atoms with Crippen molar-refractivity contribution in [3.05, 3.63) is 42.5 Å². The van der Waals surface area contributed by atoms with Gasteiger partial charge in [-0.25, -0.2) is 10.8 Å². The SMILES string of the molecule is COCC(C)N=C(NN)Nc1ccc2ccccc2c1. The second kappa shape index (κ2) is 6.88. The largest absolute Gasteiger partial charge is 0.382 e. The van der Waals surface area contributed by atoms with Crippen LogP contribution < -0.4 is 16.6 Å². The number of ether oxygens (including phenoxy) is 1. The molecule has 0 amide bonds. The van der Waals surface area contributed by atoms with Crippen molar-refractivity contribution < 1.29 is 4.74 Å². The number of rotatable bonds is 4. The first kappa shape index (κ1) is 14.3. The molecule has 5 heteroatoms. The average molecular weight is 272 g/mol. The van der Waals surface area contributed by atoms with E-state index in [1.54, 1.807) is 7.11 Å². The molecule has 0 spiro atoms. The predicted molar refractivity (Wildman–Crippen MR) is 83.7 cm³/mol. The van der Waals surface area contributed by atoms with E-state index in [2.05, 4.69) is 40.0 Å². The lowest BCUT2D eigenvalue weighted by molar-refractivity contribution is 0.185.